The van der Waals surface area contributed by atoms with Crippen LogP contribution < -0.4 is 10.6 Å². The van der Waals surface area contributed by atoms with Crippen LogP contribution in [0.25, 0.3) is 0 Å². The molecule has 2 amide bonds. The van der Waals surface area contributed by atoms with Crippen molar-refractivity contribution < 1.29 is 41.7 Å². The lowest BCUT2D eigenvalue weighted by Gasteiger charge is -2.22. The van der Waals surface area contributed by atoms with Gasteiger partial charge >= 0.3 is 13.2 Å². The summed E-state index contributed by atoms with van der Waals surface area (Å²) in [6, 6.07) is -0.929. The van der Waals surface area contributed by atoms with Crippen LogP contribution in [0, 0.1) is 5.92 Å². The van der Waals surface area contributed by atoms with Crippen molar-refractivity contribution in [2.75, 3.05) is 31.6 Å². The highest BCUT2D eigenvalue weighted by molar-refractivity contribution is 5.98. The Bertz CT molecular complexity index is 980. The average molecular weight is 563 g/mol. The second-order valence-electron chi connectivity index (χ2n) is 9.60. The summed E-state index contributed by atoms with van der Waals surface area (Å²) in [7, 11) is 0. The quantitative estimate of drug-likeness (QED) is 0.247. The molecule has 39 heavy (non-hydrogen) atoms. The van der Waals surface area contributed by atoms with Gasteiger partial charge in [-0.1, -0.05) is 0 Å². The number of nitrogens with zero attached hydrogens (tertiary/aromatic N) is 4. The maximum atomic E-state index is 13.1. The number of amides is 2. The number of aromatic nitrogens is 2. The number of carbonyl (C=O) groups is 2. The lowest BCUT2D eigenvalue weighted by Crippen LogP contribution is -2.38. The van der Waals surface area contributed by atoms with Gasteiger partial charge in [0, 0.05) is 37.6 Å². The zero-order valence-electron chi connectivity index (χ0n) is 21.6. The minimum absolute atomic E-state index is 0.0757. The Morgan fingerprint density at radius 1 is 1.18 bits per heavy atom. The van der Waals surface area contributed by atoms with E-state index in [-0.39, 0.29) is 60.9 Å². The van der Waals surface area contributed by atoms with Gasteiger partial charge in [0.2, 0.25) is 11.9 Å². The zero-order valence-corrected chi connectivity index (χ0v) is 21.6. The van der Waals surface area contributed by atoms with E-state index in [2.05, 4.69) is 35.1 Å². The van der Waals surface area contributed by atoms with Gasteiger partial charge in [0.15, 0.2) is 5.82 Å². The lowest BCUT2D eigenvalue weighted by molar-refractivity contribution is -0.143. The molecule has 218 valence electrons. The normalized spacial score (nSPS) is 22.6. The number of hydrogen-bond donors (Lipinski definition) is 3. The Labute approximate surface area is 223 Å². The third-order valence-corrected chi connectivity index (χ3v) is 6.45. The Morgan fingerprint density at radius 2 is 1.90 bits per heavy atom. The van der Waals surface area contributed by atoms with Crippen molar-refractivity contribution in [1.82, 2.24) is 20.2 Å². The minimum Gasteiger partial charge on any atom is -0.393 e. The van der Waals surface area contributed by atoms with E-state index in [0.717, 1.165) is 12.8 Å². The topological polar surface area (TPSA) is 138 Å². The Balaban J connectivity index is 1.66. The van der Waals surface area contributed by atoms with Gasteiger partial charge in [-0.25, -0.2) is 9.98 Å². The number of aliphatic hydroxyl groups excluding tert-OH is 1. The molecule has 1 saturated carbocycles. The van der Waals surface area contributed by atoms with Crippen molar-refractivity contribution in [3.05, 3.63) is 11.8 Å². The fraction of sp³-hybridized carbons (Fsp3) is 0.708. The maximum Gasteiger partial charge on any atom is 0.345 e. The summed E-state index contributed by atoms with van der Waals surface area (Å²) in [5.41, 5.74) is 0.0826. The molecule has 0 unspecified atom stereocenters. The number of anilines is 1. The highest BCUT2D eigenvalue weighted by atomic mass is 19.3. The largest absolute Gasteiger partial charge is 0.393 e. The van der Waals surface area contributed by atoms with Crippen molar-refractivity contribution in [3.8, 4) is 0 Å². The smallest absolute Gasteiger partial charge is 0.345 e. The third-order valence-electron chi connectivity index (χ3n) is 6.45. The van der Waals surface area contributed by atoms with E-state index in [1.54, 1.807) is 13.1 Å². The van der Waals surface area contributed by atoms with Gasteiger partial charge in [-0.3, -0.25) is 9.59 Å². The van der Waals surface area contributed by atoms with E-state index >= 15 is 0 Å². The number of nitrogens with one attached hydrogen (secondary N) is 2. The third kappa shape index (κ3) is 10.3. The van der Waals surface area contributed by atoms with Gasteiger partial charge in [0.1, 0.15) is 5.56 Å². The van der Waals surface area contributed by atoms with Crippen LogP contribution in [0.3, 0.4) is 0 Å². The van der Waals surface area contributed by atoms with Crippen LogP contribution in [0.4, 0.5) is 29.3 Å². The molecule has 2 heterocycles. The number of aliphatic hydroxyl groups is 1. The summed E-state index contributed by atoms with van der Waals surface area (Å²) in [6.45, 7) is -4.37. The first-order valence-electron chi connectivity index (χ1n) is 12.8. The molecule has 1 aliphatic carbocycles. The number of rotatable bonds is 13. The van der Waals surface area contributed by atoms with E-state index in [1.165, 1.54) is 11.1 Å². The fourth-order valence-electron chi connectivity index (χ4n) is 4.37. The van der Waals surface area contributed by atoms with Crippen LogP contribution in [0.2, 0.25) is 0 Å². The molecule has 15 heteroatoms. The minimum atomic E-state index is -2.94. The van der Waals surface area contributed by atoms with Gasteiger partial charge in [0.05, 0.1) is 25.7 Å². The average Bonchev–Trinajstić information content (AvgIpc) is 3.35. The van der Waals surface area contributed by atoms with Gasteiger partial charge < -0.3 is 30.1 Å². The van der Waals surface area contributed by atoms with Crippen molar-refractivity contribution in [3.63, 3.8) is 0 Å². The second kappa shape index (κ2) is 15.0. The first-order valence-corrected chi connectivity index (χ1v) is 12.8. The Morgan fingerprint density at radius 3 is 2.59 bits per heavy atom. The summed E-state index contributed by atoms with van der Waals surface area (Å²) in [6.07, 6.45) is 5.68. The summed E-state index contributed by atoms with van der Waals surface area (Å²) < 4.78 is 57.4. The molecule has 0 radical (unpaired) electrons. The van der Waals surface area contributed by atoms with Crippen LogP contribution in [-0.4, -0.2) is 95.7 Å². The standard InChI is InChI=1S/C24H34F4N6O5/c1-14(13-39-23(27)28)31-24-30-11-18(20(33-24)29-10-15-2-4-17(35)5-3-15)21(37)32-16-6-8-34(12-16)19(36)7-9-38-22(25)26/h10-11,14-17,22-23,35H,2-9,12-13H2,1H3,(H,32,37)(H,30,31,33)/t14-,15?,16-,17?/m0/s1. The Kier molecular flexibility index (Phi) is 11.8. The van der Waals surface area contributed by atoms with Crippen molar-refractivity contribution >= 4 is 29.8 Å². The SMILES string of the molecule is C[C@@H](COC(F)F)Nc1ncc(C(=O)N[C@H]2CCN(C(=O)CCOC(F)F)C2)c(N=CC2CCC(O)CC2)n1. The van der Waals surface area contributed by atoms with Crippen LogP contribution in [0.5, 0.6) is 0 Å². The molecule has 0 spiro atoms. The molecule has 2 fully saturated rings. The summed E-state index contributed by atoms with van der Waals surface area (Å²) in [4.78, 5) is 39.7. The number of alkyl halides is 4. The summed E-state index contributed by atoms with van der Waals surface area (Å²) in [5.74, 6) is -0.612. The van der Waals surface area contributed by atoms with Crippen molar-refractivity contribution in [1.29, 1.82) is 0 Å². The molecule has 2 atom stereocenters. The molecule has 0 aromatic carbocycles. The molecule has 0 bridgehead atoms. The zero-order chi connectivity index (χ0) is 28.4. The fourth-order valence-corrected chi connectivity index (χ4v) is 4.37. The highest BCUT2D eigenvalue weighted by Crippen LogP contribution is 2.25. The summed E-state index contributed by atoms with van der Waals surface area (Å²) in [5, 5.41) is 15.4. The summed E-state index contributed by atoms with van der Waals surface area (Å²) >= 11 is 0. The second-order valence-corrected chi connectivity index (χ2v) is 9.60. The molecule has 1 aromatic rings. The van der Waals surface area contributed by atoms with Crippen LogP contribution in [0.1, 0.15) is 55.8 Å². The molecule has 1 saturated heterocycles. The van der Waals surface area contributed by atoms with E-state index in [9.17, 15) is 32.3 Å². The van der Waals surface area contributed by atoms with Crippen molar-refractivity contribution in [2.45, 2.75) is 76.9 Å². The van der Waals surface area contributed by atoms with Gasteiger partial charge in [-0.15, -0.1) is 0 Å². The maximum absolute atomic E-state index is 13.1. The van der Waals surface area contributed by atoms with Crippen LogP contribution in [0.15, 0.2) is 11.2 Å². The van der Waals surface area contributed by atoms with E-state index in [4.69, 9.17) is 0 Å². The number of aliphatic imine (C=N–C) groups is 1. The van der Waals surface area contributed by atoms with Gasteiger partial charge in [-0.05, 0) is 44.9 Å². The molecule has 3 N–H and O–H groups in total. The first kappa shape index (κ1) is 30.6. The predicted molar refractivity (Wildman–Crippen MR) is 132 cm³/mol. The van der Waals surface area contributed by atoms with Gasteiger partial charge in [0.25, 0.3) is 5.91 Å². The monoisotopic (exact) mass is 562 g/mol. The molecular formula is C24H34F4N6O5. The number of hydrogen-bond acceptors (Lipinski definition) is 9. The molecular weight excluding hydrogens is 528 g/mol. The number of halogens is 4. The molecule has 1 aliphatic heterocycles. The van der Waals surface area contributed by atoms with Crippen LogP contribution >= 0.6 is 0 Å². The first-order chi connectivity index (χ1) is 18.6. The highest BCUT2D eigenvalue weighted by Gasteiger charge is 2.28. The molecule has 11 nitrogen and oxygen atoms in total. The van der Waals surface area contributed by atoms with E-state index in [1.807, 2.05) is 0 Å². The number of carbonyl (C=O) groups excluding carboxylic acids is 2. The van der Waals surface area contributed by atoms with Gasteiger partial charge in [-0.2, -0.15) is 22.5 Å². The van der Waals surface area contributed by atoms with E-state index < -0.39 is 31.8 Å². The lowest BCUT2D eigenvalue weighted by atomic mass is 9.88. The van der Waals surface area contributed by atoms with Crippen molar-refractivity contribution in [2.24, 2.45) is 10.9 Å². The molecule has 1 aromatic heterocycles. The van der Waals surface area contributed by atoms with E-state index in [0.29, 0.717) is 25.8 Å². The predicted octanol–water partition coefficient (Wildman–Crippen LogP) is 2.73. The molecule has 2 aliphatic rings. The molecule has 3 rings (SSSR count). The number of ether oxygens (including phenoxy) is 2. The van der Waals surface area contributed by atoms with Crippen LogP contribution in [-0.2, 0) is 14.3 Å². The number of likely N-dealkylation sites (tertiary alicyclic amines) is 1. The Hall–Kier alpha value is -2.91.